The summed E-state index contributed by atoms with van der Waals surface area (Å²) in [5.41, 5.74) is 0.619. The topological polar surface area (TPSA) is 33.1 Å². The molecule has 1 aromatic rings. The van der Waals surface area contributed by atoms with Crippen molar-refractivity contribution < 1.29 is 13.9 Å². The number of nitrogens with zero attached hydrogens (tertiary/aromatic N) is 1. The molecule has 0 saturated carbocycles. The first kappa shape index (κ1) is 11.0. The molecule has 1 rings (SSSR count). The molecule has 0 bridgehead atoms. The maximum atomic E-state index is 13.0. The fraction of sp³-hybridized carbons (Fsp3) is 0.500. The van der Waals surface area contributed by atoms with Gasteiger partial charge in [0.05, 0.1) is 0 Å². The van der Waals surface area contributed by atoms with E-state index in [0.717, 1.165) is 0 Å². The predicted molar refractivity (Wildman–Crippen MR) is 49.1 cm³/mol. The van der Waals surface area contributed by atoms with Crippen LogP contribution >= 0.6 is 0 Å². The lowest BCUT2D eigenvalue weighted by atomic mass is 9.98. The third-order valence-corrected chi connectivity index (χ3v) is 2.17. The fourth-order valence-electron chi connectivity index (χ4n) is 1.14. The largest absolute Gasteiger partial charge is 0.390 e. The fourth-order valence-corrected chi connectivity index (χ4v) is 1.14. The minimum atomic E-state index is -3.03. The van der Waals surface area contributed by atoms with Crippen molar-refractivity contribution in [3.05, 3.63) is 30.1 Å². The summed E-state index contributed by atoms with van der Waals surface area (Å²) < 4.78 is 25.9. The van der Waals surface area contributed by atoms with Crippen LogP contribution in [0.1, 0.15) is 12.6 Å². The van der Waals surface area contributed by atoms with Crippen molar-refractivity contribution in [2.24, 2.45) is 5.92 Å². The SMILES string of the molecule is C[C@H](Cc1ccccn1)C(F)(F)CO. The first-order valence-electron chi connectivity index (χ1n) is 4.45. The van der Waals surface area contributed by atoms with Crippen molar-refractivity contribution in [1.82, 2.24) is 4.98 Å². The molecule has 1 atom stereocenters. The zero-order chi connectivity index (χ0) is 10.6. The molecule has 1 N–H and O–H groups in total. The third-order valence-electron chi connectivity index (χ3n) is 2.17. The maximum Gasteiger partial charge on any atom is 0.273 e. The van der Waals surface area contributed by atoms with Crippen molar-refractivity contribution in [1.29, 1.82) is 0 Å². The summed E-state index contributed by atoms with van der Waals surface area (Å²) in [7, 11) is 0. The van der Waals surface area contributed by atoms with E-state index in [1.165, 1.54) is 6.92 Å². The first-order chi connectivity index (χ1) is 6.56. The van der Waals surface area contributed by atoms with Crippen LogP contribution < -0.4 is 0 Å². The Labute approximate surface area is 81.6 Å². The highest BCUT2D eigenvalue weighted by Crippen LogP contribution is 2.26. The molecule has 4 heteroatoms. The van der Waals surface area contributed by atoms with Crippen LogP contribution in [0.15, 0.2) is 24.4 Å². The van der Waals surface area contributed by atoms with Gasteiger partial charge in [-0.15, -0.1) is 0 Å². The highest BCUT2D eigenvalue weighted by molar-refractivity contribution is 5.04. The van der Waals surface area contributed by atoms with Gasteiger partial charge in [0.2, 0.25) is 0 Å². The molecular weight excluding hydrogens is 188 g/mol. The average Bonchev–Trinajstić information content (AvgIpc) is 2.19. The molecule has 0 spiro atoms. The van der Waals surface area contributed by atoms with Crippen LogP contribution in [-0.2, 0) is 6.42 Å². The zero-order valence-corrected chi connectivity index (χ0v) is 7.95. The Kier molecular flexibility index (Phi) is 3.52. The van der Waals surface area contributed by atoms with Gasteiger partial charge in [0.15, 0.2) is 0 Å². The van der Waals surface area contributed by atoms with Gasteiger partial charge in [0, 0.05) is 17.8 Å². The number of aromatic nitrogens is 1. The maximum absolute atomic E-state index is 13.0. The minimum Gasteiger partial charge on any atom is -0.390 e. The van der Waals surface area contributed by atoms with E-state index in [9.17, 15) is 8.78 Å². The molecule has 0 aliphatic rings. The Morgan fingerprint density at radius 1 is 1.50 bits per heavy atom. The summed E-state index contributed by atoms with van der Waals surface area (Å²) in [6.45, 7) is 0.298. The van der Waals surface area contributed by atoms with E-state index in [2.05, 4.69) is 4.98 Å². The molecule has 0 aliphatic carbocycles. The number of aliphatic hydroxyl groups is 1. The molecule has 0 unspecified atom stereocenters. The van der Waals surface area contributed by atoms with E-state index in [0.29, 0.717) is 5.69 Å². The minimum absolute atomic E-state index is 0.175. The monoisotopic (exact) mass is 201 g/mol. The molecule has 0 aromatic carbocycles. The number of pyridine rings is 1. The number of hydrogen-bond donors (Lipinski definition) is 1. The van der Waals surface area contributed by atoms with Gasteiger partial charge in [-0.2, -0.15) is 0 Å². The molecule has 0 amide bonds. The quantitative estimate of drug-likeness (QED) is 0.806. The number of rotatable bonds is 4. The van der Waals surface area contributed by atoms with Crippen molar-refractivity contribution in [3.8, 4) is 0 Å². The van der Waals surface area contributed by atoms with E-state index in [-0.39, 0.29) is 6.42 Å². The van der Waals surface area contributed by atoms with Crippen molar-refractivity contribution in [2.75, 3.05) is 6.61 Å². The summed E-state index contributed by atoms with van der Waals surface area (Å²) in [6, 6.07) is 5.19. The Balaban J connectivity index is 2.62. The van der Waals surface area contributed by atoms with E-state index < -0.39 is 18.4 Å². The number of aliphatic hydroxyl groups excluding tert-OH is 1. The molecule has 1 aromatic heterocycles. The van der Waals surface area contributed by atoms with Crippen molar-refractivity contribution in [3.63, 3.8) is 0 Å². The lowest BCUT2D eigenvalue weighted by Crippen LogP contribution is -2.31. The van der Waals surface area contributed by atoms with E-state index in [1.807, 2.05) is 0 Å². The van der Waals surface area contributed by atoms with Gasteiger partial charge in [0.25, 0.3) is 5.92 Å². The van der Waals surface area contributed by atoms with Crippen molar-refractivity contribution in [2.45, 2.75) is 19.3 Å². The number of hydrogen-bond acceptors (Lipinski definition) is 2. The lowest BCUT2D eigenvalue weighted by molar-refractivity contribution is -0.0919. The van der Waals surface area contributed by atoms with Crippen LogP contribution in [0.5, 0.6) is 0 Å². The van der Waals surface area contributed by atoms with Gasteiger partial charge in [-0.05, 0) is 18.6 Å². The van der Waals surface area contributed by atoms with E-state index in [1.54, 1.807) is 24.4 Å². The highest BCUT2D eigenvalue weighted by atomic mass is 19.3. The summed E-state index contributed by atoms with van der Waals surface area (Å²) in [5.74, 6) is -3.93. The molecule has 0 radical (unpaired) electrons. The predicted octanol–water partition coefficient (Wildman–Crippen LogP) is 1.89. The molecule has 14 heavy (non-hydrogen) atoms. The van der Waals surface area contributed by atoms with E-state index >= 15 is 0 Å². The molecular formula is C10H13F2NO. The Bertz CT molecular complexity index is 277. The van der Waals surface area contributed by atoms with Gasteiger partial charge < -0.3 is 5.11 Å². The van der Waals surface area contributed by atoms with Gasteiger partial charge in [-0.25, -0.2) is 8.78 Å². The average molecular weight is 201 g/mol. The van der Waals surface area contributed by atoms with Crippen LogP contribution in [-0.4, -0.2) is 22.6 Å². The van der Waals surface area contributed by atoms with Crippen LogP contribution in [0.25, 0.3) is 0 Å². The van der Waals surface area contributed by atoms with E-state index in [4.69, 9.17) is 5.11 Å². The highest BCUT2D eigenvalue weighted by Gasteiger charge is 2.35. The standard InChI is InChI=1S/C10H13F2NO/c1-8(10(11,12)7-14)6-9-4-2-3-5-13-9/h2-5,8,14H,6-7H2,1H3/t8-/m1/s1. The summed E-state index contributed by atoms with van der Waals surface area (Å²) in [5, 5.41) is 8.47. The summed E-state index contributed by atoms with van der Waals surface area (Å²) >= 11 is 0. The summed E-state index contributed by atoms with van der Waals surface area (Å²) in [4.78, 5) is 3.95. The van der Waals surface area contributed by atoms with Gasteiger partial charge in [-0.1, -0.05) is 13.0 Å². The second-order valence-electron chi connectivity index (χ2n) is 3.35. The third kappa shape index (κ3) is 2.73. The smallest absolute Gasteiger partial charge is 0.273 e. The molecule has 1 heterocycles. The second-order valence-corrected chi connectivity index (χ2v) is 3.35. The normalized spacial score (nSPS) is 14.0. The molecule has 0 saturated heterocycles. The van der Waals surface area contributed by atoms with Crippen LogP contribution in [0.3, 0.4) is 0 Å². The molecule has 0 aliphatic heterocycles. The molecule has 78 valence electrons. The number of alkyl halides is 2. The van der Waals surface area contributed by atoms with Gasteiger partial charge >= 0.3 is 0 Å². The Morgan fingerprint density at radius 2 is 2.21 bits per heavy atom. The Hall–Kier alpha value is -1.03. The summed E-state index contributed by atoms with van der Waals surface area (Å²) in [6.07, 6.45) is 1.74. The van der Waals surface area contributed by atoms with Crippen LogP contribution in [0.2, 0.25) is 0 Å². The van der Waals surface area contributed by atoms with Gasteiger partial charge in [-0.3, -0.25) is 4.98 Å². The lowest BCUT2D eigenvalue weighted by Gasteiger charge is -2.20. The second kappa shape index (κ2) is 4.46. The van der Waals surface area contributed by atoms with Gasteiger partial charge in [0.1, 0.15) is 6.61 Å². The zero-order valence-electron chi connectivity index (χ0n) is 7.95. The van der Waals surface area contributed by atoms with Crippen molar-refractivity contribution >= 4 is 0 Å². The Morgan fingerprint density at radius 3 is 2.71 bits per heavy atom. The molecule has 0 fully saturated rings. The first-order valence-corrected chi connectivity index (χ1v) is 4.45. The van der Waals surface area contributed by atoms with Crippen LogP contribution in [0.4, 0.5) is 8.78 Å². The van der Waals surface area contributed by atoms with Crippen LogP contribution in [0, 0.1) is 5.92 Å². The molecule has 2 nitrogen and oxygen atoms in total. The number of halogens is 2.